The number of phenolic OH excluding ortho intramolecular Hbond substituents is 1. The lowest BCUT2D eigenvalue weighted by Crippen LogP contribution is -2.58. The quantitative estimate of drug-likeness (QED) is 0.224. The summed E-state index contributed by atoms with van der Waals surface area (Å²) in [4.78, 5) is 37.9. The van der Waals surface area contributed by atoms with Crippen LogP contribution in [0.2, 0.25) is 0 Å². The summed E-state index contributed by atoms with van der Waals surface area (Å²) in [5.41, 5.74) is 2.97. The van der Waals surface area contributed by atoms with Gasteiger partial charge in [-0.3, -0.25) is 14.4 Å². The Hall–Kier alpha value is -3.37. The molecule has 0 spiro atoms. The van der Waals surface area contributed by atoms with Gasteiger partial charge in [-0.2, -0.15) is 0 Å². The first-order valence-corrected chi connectivity index (χ1v) is 13.7. The molecule has 210 valence electrons. The standard InChI is InChI=1S/C29H36N2O8/c1-39-25-16(13-31-8-7-14-5-3-2-4-6-14)11-19(32)22-18(25)10-15-9-17-12-20(33)23(28(30)37)27(36)29(17,38)26(35)21(15)24(22)34/h11,14-15,17,31-32,34,36,38H,2-10,12-13H2,1H3,(H2,30,37)/t15?,17-,29-/m0/s1. The van der Waals surface area contributed by atoms with E-state index >= 15 is 0 Å². The summed E-state index contributed by atoms with van der Waals surface area (Å²) in [6, 6.07) is 1.50. The van der Waals surface area contributed by atoms with Gasteiger partial charge in [-0.1, -0.05) is 32.1 Å². The summed E-state index contributed by atoms with van der Waals surface area (Å²) in [5.74, 6) is -5.22. The minimum absolute atomic E-state index is 0.0323. The minimum atomic E-state index is -2.57. The molecule has 2 fully saturated rings. The van der Waals surface area contributed by atoms with Gasteiger partial charge in [-0.15, -0.1) is 0 Å². The van der Waals surface area contributed by atoms with E-state index < -0.39 is 52.0 Å². The highest BCUT2D eigenvalue weighted by molar-refractivity contribution is 6.22. The fourth-order valence-electron chi connectivity index (χ4n) is 7.12. The van der Waals surface area contributed by atoms with Crippen molar-refractivity contribution in [1.29, 1.82) is 0 Å². The number of rotatable bonds is 7. The van der Waals surface area contributed by atoms with E-state index in [1.807, 2.05) is 0 Å². The molecule has 5 rings (SSSR count). The van der Waals surface area contributed by atoms with Crippen molar-refractivity contribution in [2.24, 2.45) is 23.5 Å². The third-order valence-electron chi connectivity index (χ3n) is 9.06. The molecule has 0 aromatic heterocycles. The predicted molar refractivity (Wildman–Crippen MR) is 141 cm³/mol. The Bertz CT molecular complexity index is 1290. The number of fused-ring (bicyclic) bond motifs is 3. The third kappa shape index (κ3) is 4.39. The summed E-state index contributed by atoms with van der Waals surface area (Å²) in [5, 5.41) is 47.7. The summed E-state index contributed by atoms with van der Waals surface area (Å²) >= 11 is 0. The first-order chi connectivity index (χ1) is 18.6. The smallest absolute Gasteiger partial charge is 0.255 e. The summed E-state index contributed by atoms with van der Waals surface area (Å²) < 4.78 is 5.73. The predicted octanol–water partition coefficient (Wildman–Crippen LogP) is 2.49. The second kappa shape index (κ2) is 10.3. The minimum Gasteiger partial charge on any atom is -0.508 e. The topological polar surface area (TPSA) is 179 Å². The highest BCUT2D eigenvalue weighted by Gasteiger charge is 2.60. The molecule has 4 aliphatic rings. The van der Waals surface area contributed by atoms with Crippen LogP contribution >= 0.6 is 0 Å². The Balaban J connectivity index is 1.47. The number of benzene rings is 1. The van der Waals surface area contributed by atoms with Crippen molar-refractivity contribution in [1.82, 2.24) is 5.32 Å². The Morgan fingerprint density at radius 2 is 1.87 bits per heavy atom. The van der Waals surface area contributed by atoms with Crippen LogP contribution in [0.5, 0.6) is 11.5 Å². The monoisotopic (exact) mass is 540 g/mol. The molecule has 3 atom stereocenters. The third-order valence-corrected chi connectivity index (χ3v) is 9.06. The molecule has 10 heteroatoms. The van der Waals surface area contributed by atoms with Crippen LogP contribution < -0.4 is 15.8 Å². The average molecular weight is 541 g/mol. The van der Waals surface area contributed by atoms with E-state index in [1.165, 1.54) is 45.3 Å². The Kier molecular flexibility index (Phi) is 7.19. The number of amides is 1. The van der Waals surface area contributed by atoms with Crippen LogP contribution in [0, 0.1) is 17.8 Å². The maximum absolute atomic E-state index is 13.6. The lowest BCUT2D eigenvalue weighted by atomic mass is 9.59. The Morgan fingerprint density at radius 3 is 2.54 bits per heavy atom. The number of primary amides is 1. The Morgan fingerprint density at radius 1 is 1.15 bits per heavy atom. The van der Waals surface area contributed by atoms with Crippen LogP contribution in [0.3, 0.4) is 0 Å². The number of nitrogens with two attached hydrogens (primary N) is 1. The van der Waals surface area contributed by atoms with Crippen LogP contribution in [0.15, 0.2) is 23.0 Å². The van der Waals surface area contributed by atoms with E-state index in [0.29, 0.717) is 23.4 Å². The molecule has 0 saturated heterocycles. The number of carbonyl (C=O) groups is 3. The van der Waals surface area contributed by atoms with Crippen LogP contribution in [0.4, 0.5) is 0 Å². The number of aliphatic hydroxyl groups excluding tert-OH is 2. The van der Waals surface area contributed by atoms with E-state index in [4.69, 9.17) is 10.5 Å². The Labute approximate surface area is 226 Å². The lowest BCUT2D eigenvalue weighted by Gasteiger charge is -2.46. The first kappa shape index (κ1) is 27.2. The second-order valence-electron chi connectivity index (χ2n) is 11.3. The molecular weight excluding hydrogens is 504 g/mol. The van der Waals surface area contributed by atoms with Gasteiger partial charge in [-0.25, -0.2) is 0 Å². The molecule has 0 aliphatic heterocycles. The number of ether oxygens (including phenoxy) is 1. The molecule has 39 heavy (non-hydrogen) atoms. The maximum atomic E-state index is 13.6. The number of methoxy groups -OCH3 is 1. The zero-order chi connectivity index (χ0) is 28.1. The highest BCUT2D eigenvalue weighted by atomic mass is 16.5. The molecule has 0 bridgehead atoms. The summed E-state index contributed by atoms with van der Waals surface area (Å²) in [6.45, 7) is 1.28. The largest absolute Gasteiger partial charge is 0.508 e. The molecule has 4 aliphatic carbocycles. The van der Waals surface area contributed by atoms with Crippen molar-refractivity contribution in [3.05, 3.63) is 39.7 Å². The number of aliphatic hydroxyl groups is 3. The SMILES string of the molecule is COc1c(CNCCC2CCCCC2)cc(O)c2c1CC1C[C@H]3CC(=O)C(C(N)=O)=C(O)[C@@]3(O)C(=O)C1=C2O. The molecule has 1 unspecified atom stereocenters. The number of ketones is 2. The number of Topliss-reactive ketones (excluding diaryl/α,β-unsaturated/α-hetero) is 2. The normalized spacial score (nSPS) is 27.2. The molecule has 10 nitrogen and oxygen atoms in total. The van der Waals surface area contributed by atoms with Gasteiger partial charge in [0.15, 0.2) is 11.4 Å². The summed E-state index contributed by atoms with van der Waals surface area (Å²) in [6.07, 6.45) is 7.43. The van der Waals surface area contributed by atoms with Crippen molar-refractivity contribution in [3.63, 3.8) is 0 Å². The molecular formula is C29H36N2O8. The zero-order valence-corrected chi connectivity index (χ0v) is 22.1. The van der Waals surface area contributed by atoms with Crippen LogP contribution in [-0.4, -0.2) is 57.2 Å². The number of phenols is 1. The molecule has 2 saturated carbocycles. The van der Waals surface area contributed by atoms with Crippen molar-refractivity contribution in [2.75, 3.05) is 13.7 Å². The highest BCUT2D eigenvalue weighted by Crippen LogP contribution is 2.53. The fourth-order valence-corrected chi connectivity index (χ4v) is 7.12. The number of hydrogen-bond acceptors (Lipinski definition) is 9. The van der Waals surface area contributed by atoms with Crippen molar-refractivity contribution in [3.8, 4) is 11.5 Å². The lowest BCUT2D eigenvalue weighted by molar-refractivity contribution is -0.147. The summed E-state index contributed by atoms with van der Waals surface area (Å²) in [7, 11) is 1.51. The van der Waals surface area contributed by atoms with Crippen molar-refractivity contribution in [2.45, 2.75) is 69.9 Å². The van der Waals surface area contributed by atoms with Gasteiger partial charge in [0.1, 0.15) is 28.6 Å². The average Bonchev–Trinajstić information content (AvgIpc) is 2.89. The molecule has 7 N–H and O–H groups in total. The van der Waals surface area contributed by atoms with E-state index in [-0.39, 0.29) is 36.1 Å². The van der Waals surface area contributed by atoms with Gasteiger partial charge in [0.2, 0.25) is 5.78 Å². The van der Waals surface area contributed by atoms with Gasteiger partial charge in [0.25, 0.3) is 5.91 Å². The van der Waals surface area contributed by atoms with Crippen molar-refractivity contribution >= 4 is 23.2 Å². The van der Waals surface area contributed by atoms with Gasteiger partial charge in [0, 0.05) is 35.6 Å². The zero-order valence-electron chi connectivity index (χ0n) is 22.1. The van der Waals surface area contributed by atoms with Gasteiger partial charge < -0.3 is 36.2 Å². The van der Waals surface area contributed by atoms with E-state index in [9.17, 15) is 34.8 Å². The van der Waals surface area contributed by atoms with Gasteiger partial charge in [-0.05, 0) is 43.7 Å². The number of carbonyl (C=O) groups excluding carboxylic acids is 3. The van der Waals surface area contributed by atoms with E-state index in [0.717, 1.165) is 18.9 Å². The molecule has 1 aromatic rings. The van der Waals surface area contributed by atoms with E-state index in [2.05, 4.69) is 5.32 Å². The van der Waals surface area contributed by atoms with Crippen molar-refractivity contribution < 1.29 is 39.5 Å². The number of nitrogens with one attached hydrogen (secondary N) is 1. The van der Waals surface area contributed by atoms with Crippen LogP contribution in [-0.2, 0) is 27.3 Å². The molecule has 0 heterocycles. The fraction of sp³-hybridized carbons (Fsp3) is 0.552. The number of hydrogen-bond donors (Lipinski definition) is 6. The first-order valence-electron chi connectivity index (χ1n) is 13.7. The van der Waals surface area contributed by atoms with E-state index in [1.54, 1.807) is 0 Å². The maximum Gasteiger partial charge on any atom is 0.255 e. The van der Waals surface area contributed by atoms with Crippen LogP contribution in [0.1, 0.15) is 68.1 Å². The second-order valence-corrected chi connectivity index (χ2v) is 11.3. The van der Waals surface area contributed by atoms with Crippen LogP contribution in [0.25, 0.3) is 5.76 Å². The molecule has 1 amide bonds. The molecule has 0 radical (unpaired) electrons. The number of aromatic hydroxyl groups is 1. The van der Waals surface area contributed by atoms with Gasteiger partial charge in [0.05, 0.1) is 12.7 Å². The van der Waals surface area contributed by atoms with Gasteiger partial charge >= 0.3 is 0 Å². The molecule has 1 aromatic carbocycles.